The third-order valence-corrected chi connectivity index (χ3v) is 5.68. The fourth-order valence-corrected chi connectivity index (χ4v) is 4.48. The van der Waals surface area contributed by atoms with E-state index in [1.807, 2.05) is 6.07 Å². The molecule has 1 N–H and O–H groups in total. The molecule has 1 fully saturated rings. The number of rotatable bonds is 3. The minimum atomic E-state index is -3.06. The quantitative estimate of drug-likeness (QED) is 0.852. The summed E-state index contributed by atoms with van der Waals surface area (Å²) in [5.74, 6) is -0.316. The van der Waals surface area contributed by atoms with Crippen LogP contribution >= 0.6 is 0 Å². The number of benzene rings is 1. The Morgan fingerprint density at radius 1 is 1.39 bits per heavy atom. The Morgan fingerprint density at radius 3 is 2.83 bits per heavy atom. The average molecular weight is 335 g/mol. The Kier molecular flexibility index (Phi) is 3.93. The van der Waals surface area contributed by atoms with Crippen molar-refractivity contribution in [3.05, 3.63) is 40.3 Å². The molecule has 8 heteroatoms. The van der Waals surface area contributed by atoms with E-state index in [9.17, 15) is 18.0 Å². The molecule has 0 spiro atoms. The monoisotopic (exact) mass is 335 g/mol. The zero-order chi connectivity index (χ0) is 16.6. The molecule has 7 nitrogen and oxygen atoms in total. The molecule has 0 radical (unpaired) electrons. The summed E-state index contributed by atoms with van der Waals surface area (Å²) in [5.41, 5.74) is 1.22. The van der Waals surface area contributed by atoms with Crippen LogP contribution in [0.3, 0.4) is 0 Å². The molecule has 1 aliphatic rings. The first kappa shape index (κ1) is 15.7. The molecular formula is C15H17N3O4S. The van der Waals surface area contributed by atoms with Crippen LogP contribution in [0.15, 0.2) is 29.1 Å². The minimum absolute atomic E-state index is 0.0379. The van der Waals surface area contributed by atoms with Crippen LogP contribution in [0.1, 0.15) is 12.1 Å². The second-order valence-corrected chi connectivity index (χ2v) is 7.97. The molecule has 1 aliphatic heterocycles. The highest BCUT2D eigenvalue weighted by Crippen LogP contribution is 2.12. The van der Waals surface area contributed by atoms with Crippen molar-refractivity contribution < 1.29 is 13.2 Å². The largest absolute Gasteiger partial charge is 0.351 e. The van der Waals surface area contributed by atoms with Crippen LogP contribution in [-0.4, -0.2) is 41.4 Å². The number of nitrogens with one attached hydrogen (secondary N) is 1. The van der Waals surface area contributed by atoms with Crippen LogP contribution < -0.4 is 10.9 Å². The zero-order valence-electron chi connectivity index (χ0n) is 12.7. The number of amides is 1. The van der Waals surface area contributed by atoms with Crippen molar-refractivity contribution in [2.45, 2.75) is 25.9 Å². The highest BCUT2D eigenvalue weighted by molar-refractivity contribution is 7.91. The molecule has 0 unspecified atom stereocenters. The van der Waals surface area contributed by atoms with Crippen molar-refractivity contribution in [2.24, 2.45) is 0 Å². The third-order valence-electron chi connectivity index (χ3n) is 3.91. The number of carbonyl (C=O) groups is 1. The molecular weight excluding hydrogens is 318 g/mol. The maximum atomic E-state index is 12.3. The van der Waals surface area contributed by atoms with E-state index in [4.69, 9.17) is 0 Å². The highest BCUT2D eigenvalue weighted by Gasteiger charge is 2.29. The molecule has 1 aromatic heterocycles. The van der Waals surface area contributed by atoms with E-state index < -0.39 is 9.84 Å². The first-order valence-electron chi connectivity index (χ1n) is 7.32. The van der Waals surface area contributed by atoms with Crippen LogP contribution in [0.4, 0.5) is 0 Å². The van der Waals surface area contributed by atoms with Crippen LogP contribution in [-0.2, 0) is 21.2 Å². The topological polar surface area (TPSA) is 98.1 Å². The van der Waals surface area contributed by atoms with Crippen LogP contribution in [0.5, 0.6) is 0 Å². The molecule has 1 amide bonds. The van der Waals surface area contributed by atoms with Gasteiger partial charge in [-0.1, -0.05) is 12.1 Å². The second kappa shape index (κ2) is 5.77. The van der Waals surface area contributed by atoms with Gasteiger partial charge in [0.1, 0.15) is 12.2 Å². The minimum Gasteiger partial charge on any atom is -0.351 e. The number of para-hydroxylation sites is 2. The van der Waals surface area contributed by atoms with Gasteiger partial charge in [0.05, 0.1) is 22.5 Å². The molecule has 23 heavy (non-hydrogen) atoms. The van der Waals surface area contributed by atoms with Gasteiger partial charge in [-0.05, 0) is 25.5 Å². The van der Waals surface area contributed by atoms with Crippen LogP contribution in [0, 0.1) is 6.92 Å². The van der Waals surface area contributed by atoms with Crippen molar-refractivity contribution in [1.82, 2.24) is 14.9 Å². The highest BCUT2D eigenvalue weighted by atomic mass is 32.2. The number of hydrogen-bond donors (Lipinski definition) is 1. The lowest BCUT2D eigenvalue weighted by Gasteiger charge is -2.14. The number of hydrogen-bond acceptors (Lipinski definition) is 5. The van der Waals surface area contributed by atoms with Crippen molar-refractivity contribution >= 4 is 26.8 Å². The predicted octanol–water partition coefficient (Wildman–Crippen LogP) is 0.00822. The molecule has 1 atom stereocenters. The smallest absolute Gasteiger partial charge is 0.272 e. The molecule has 0 saturated carbocycles. The summed E-state index contributed by atoms with van der Waals surface area (Å²) in [7, 11) is -3.06. The number of carbonyl (C=O) groups excluding carboxylic acids is 1. The molecule has 2 heterocycles. The van der Waals surface area contributed by atoms with Crippen molar-refractivity contribution in [3.8, 4) is 0 Å². The van der Waals surface area contributed by atoms with Crippen molar-refractivity contribution in [1.29, 1.82) is 0 Å². The van der Waals surface area contributed by atoms with Crippen molar-refractivity contribution in [2.75, 3.05) is 11.5 Å². The number of aromatic nitrogens is 2. The Labute approximate surface area is 133 Å². The van der Waals surface area contributed by atoms with E-state index in [0.29, 0.717) is 23.1 Å². The van der Waals surface area contributed by atoms with Gasteiger partial charge in [-0.2, -0.15) is 0 Å². The number of nitrogens with zero attached hydrogens (tertiary/aromatic N) is 2. The number of fused-ring (bicyclic) bond motifs is 1. The molecule has 3 rings (SSSR count). The van der Waals surface area contributed by atoms with Gasteiger partial charge in [0, 0.05) is 6.04 Å². The van der Waals surface area contributed by atoms with Crippen LogP contribution in [0.25, 0.3) is 11.0 Å². The Balaban J connectivity index is 1.85. The Hall–Kier alpha value is -2.22. The Bertz CT molecular complexity index is 933. The summed E-state index contributed by atoms with van der Waals surface area (Å²) in [6.07, 6.45) is 0.416. The third kappa shape index (κ3) is 3.26. The number of aryl methyl sites for hydroxylation is 1. The summed E-state index contributed by atoms with van der Waals surface area (Å²) in [6, 6.07) is 6.72. The van der Waals surface area contributed by atoms with E-state index in [2.05, 4.69) is 10.3 Å². The van der Waals surface area contributed by atoms with Gasteiger partial charge in [-0.25, -0.2) is 13.4 Å². The summed E-state index contributed by atoms with van der Waals surface area (Å²) >= 11 is 0. The lowest BCUT2D eigenvalue weighted by molar-refractivity contribution is -0.122. The molecule has 122 valence electrons. The summed E-state index contributed by atoms with van der Waals surface area (Å²) in [4.78, 5) is 28.7. The maximum absolute atomic E-state index is 12.3. The van der Waals surface area contributed by atoms with Gasteiger partial charge in [0.15, 0.2) is 9.84 Å². The summed E-state index contributed by atoms with van der Waals surface area (Å²) in [6.45, 7) is 1.45. The van der Waals surface area contributed by atoms with E-state index in [0.717, 1.165) is 0 Å². The predicted molar refractivity (Wildman–Crippen MR) is 85.9 cm³/mol. The molecule has 1 saturated heterocycles. The van der Waals surface area contributed by atoms with Gasteiger partial charge < -0.3 is 5.32 Å². The standard InChI is InChI=1S/C15H17N3O4S/c1-10-15(20)18(13-5-3-2-4-12(13)16-10)8-14(19)17-11-6-7-23(21,22)9-11/h2-5,11H,6-9H2,1H3,(H,17,19)/t11-/m0/s1. The maximum Gasteiger partial charge on any atom is 0.272 e. The fourth-order valence-electron chi connectivity index (χ4n) is 2.80. The van der Waals surface area contributed by atoms with Gasteiger partial charge in [0.2, 0.25) is 5.91 Å². The zero-order valence-corrected chi connectivity index (χ0v) is 13.5. The number of sulfone groups is 1. The fraction of sp³-hybridized carbons (Fsp3) is 0.400. The molecule has 2 aromatic rings. The first-order chi connectivity index (χ1) is 10.9. The van der Waals surface area contributed by atoms with E-state index in [1.54, 1.807) is 25.1 Å². The average Bonchev–Trinajstić information content (AvgIpc) is 2.82. The normalized spacial score (nSPS) is 19.8. The first-order valence-corrected chi connectivity index (χ1v) is 9.14. The molecule has 0 aliphatic carbocycles. The lowest BCUT2D eigenvalue weighted by atomic mass is 10.2. The Morgan fingerprint density at radius 2 is 2.13 bits per heavy atom. The van der Waals surface area contributed by atoms with Gasteiger partial charge in [-0.15, -0.1) is 0 Å². The van der Waals surface area contributed by atoms with Crippen LogP contribution in [0.2, 0.25) is 0 Å². The van der Waals surface area contributed by atoms with E-state index in [1.165, 1.54) is 4.57 Å². The SMILES string of the molecule is Cc1nc2ccccc2n(CC(=O)N[C@H]2CCS(=O)(=O)C2)c1=O. The van der Waals surface area contributed by atoms with E-state index >= 15 is 0 Å². The van der Waals surface area contributed by atoms with Gasteiger partial charge >= 0.3 is 0 Å². The van der Waals surface area contributed by atoms with E-state index in [-0.39, 0.29) is 35.6 Å². The lowest BCUT2D eigenvalue weighted by Crippen LogP contribution is -2.40. The summed E-state index contributed by atoms with van der Waals surface area (Å²) < 4.78 is 24.3. The molecule has 0 bridgehead atoms. The molecule has 1 aromatic carbocycles. The van der Waals surface area contributed by atoms with Gasteiger partial charge in [0.25, 0.3) is 5.56 Å². The summed E-state index contributed by atoms with van der Waals surface area (Å²) in [5, 5.41) is 2.70. The van der Waals surface area contributed by atoms with Gasteiger partial charge in [-0.3, -0.25) is 14.2 Å². The second-order valence-electron chi connectivity index (χ2n) is 5.74. The van der Waals surface area contributed by atoms with Crippen molar-refractivity contribution in [3.63, 3.8) is 0 Å².